The Morgan fingerprint density at radius 2 is 0.879 bits per heavy atom. The first-order chi connectivity index (χ1) is 28.0. The summed E-state index contributed by atoms with van der Waals surface area (Å²) in [5, 5.41) is 0. The van der Waals surface area contributed by atoms with Crippen LogP contribution in [0.15, 0.2) is 12.2 Å². The van der Waals surface area contributed by atoms with Crippen LogP contribution in [-0.2, 0) is 32.7 Å². The first-order valence-corrected chi connectivity index (χ1v) is 25.9. The molecule has 344 valence electrons. The average molecular weight is 845 g/mol. The number of allylic oxidation sites excluding steroid dienone is 2. The van der Waals surface area contributed by atoms with Gasteiger partial charge in [-0.05, 0) is 38.5 Å². The SMILES string of the molecule is CCCCCCCC/C=C/CCCCCCCCCCCC(=O)OC[C@H](COP(=O)(O)OCC[N+](C)(C)C)OC(=O)CCCCCCCCCCCCCCCCC. The number of hydrogen-bond acceptors (Lipinski definition) is 7. The van der Waals surface area contributed by atoms with Crippen molar-refractivity contribution in [2.45, 2.75) is 238 Å². The molecule has 0 aliphatic rings. The number of hydrogen-bond donors (Lipinski definition) is 1. The smallest absolute Gasteiger partial charge is 0.462 e. The van der Waals surface area contributed by atoms with Crippen LogP contribution in [0.2, 0.25) is 0 Å². The van der Waals surface area contributed by atoms with Crippen molar-refractivity contribution in [1.82, 2.24) is 0 Å². The van der Waals surface area contributed by atoms with E-state index >= 15 is 0 Å². The number of phosphoric acid groups is 1. The highest BCUT2D eigenvalue weighted by Crippen LogP contribution is 2.43. The minimum atomic E-state index is -4.37. The molecule has 0 aromatic heterocycles. The van der Waals surface area contributed by atoms with E-state index in [-0.39, 0.29) is 25.6 Å². The summed E-state index contributed by atoms with van der Waals surface area (Å²) in [6.07, 6.45) is 44.0. The standard InChI is InChI=1S/C48H94NO8P/c1-6-8-10-12-14-16-18-20-22-23-24-25-27-28-30-32-34-36-38-40-47(50)54-44-46(45-56-58(52,53)55-43-42-49(3,4)5)57-48(51)41-39-37-35-33-31-29-26-21-19-17-15-13-11-9-7-2/h20,22,46H,6-19,21,23-45H2,1-5H3/p+1/b22-20+/t46-/m1/s1. The molecule has 58 heavy (non-hydrogen) atoms. The Morgan fingerprint density at radius 1 is 0.517 bits per heavy atom. The van der Waals surface area contributed by atoms with Crippen LogP contribution in [0.5, 0.6) is 0 Å². The molecule has 0 saturated heterocycles. The van der Waals surface area contributed by atoms with Gasteiger partial charge in [-0.15, -0.1) is 0 Å². The summed E-state index contributed by atoms with van der Waals surface area (Å²) in [6, 6.07) is 0. The Hall–Kier alpha value is -1.25. The predicted molar refractivity (Wildman–Crippen MR) is 243 cm³/mol. The zero-order chi connectivity index (χ0) is 42.8. The fourth-order valence-electron chi connectivity index (χ4n) is 6.95. The van der Waals surface area contributed by atoms with Crippen molar-refractivity contribution in [2.75, 3.05) is 47.5 Å². The molecule has 0 rings (SSSR count). The van der Waals surface area contributed by atoms with Gasteiger partial charge < -0.3 is 18.9 Å². The number of unbranched alkanes of at least 4 members (excludes halogenated alkanes) is 29. The highest BCUT2D eigenvalue weighted by atomic mass is 31.2. The van der Waals surface area contributed by atoms with Crippen molar-refractivity contribution >= 4 is 19.8 Å². The third kappa shape index (κ3) is 44.3. The number of nitrogens with zero attached hydrogens (tertiary/aromatic N) is 1. The molecule has 1 N–H and O–H groups in total. The van der Waals surface area contributed by atoms with Crippen LogP contribution in [-0.4, -0.2) is 74.9 Å². The molecule has 1 unspecified atom stereocenters. The van der Waals surface area contributed by atoms with Gasteiger partial charge in [-0.2, -0.15) is 0 Å². The lowest BCUT2D eigenvalue weighted by atomic mass is 10.0. The summed E-state index contributed by atoms with van der Waals surface area (Å²) in [4.78, 5) is 35.5. The lowest BCUT2D eigenvalue weighted by Gasteiger charge is -2.24. The van der Waals surface area contributed by atoms with Crippen LogP contribution < -0.4 is 0 Å². The molecule has 0 saturated carbocycles. The highest BCUT2D eigenvalue weighted by molar-refractivity contribution is 7.47. The van der Waals surface area contributed by atoms with Crippen molar-refractivity contribution < 1.29 is 42.1 Å². The fraction of sp³-hybridized carbons (Fsp3) is 0.917. The molecule has 9 nitrogen and oxygen atoms in total. The third-order valence-corrected chi connectivity index (χ3v) is 11.8. The zero-order valence-electron chi connectivity index (χ0n) is 38.8. The molecule has 0 aromatic carbocycles. The van der Waals surface area contributed by atoms with E-state index in [0.29, 0.717) is 23.9 Å². The third-order valence-electron chi connectivity index (χ3n) is 10.8. The number of ether oxygens (including phenoxy) is 2. The monoisotopic (exact) mass is 845 g/mol. The zero-order valence-corrected chi connectivity index (χ0v) is 39.7. The van der Waals surface area contributed by atoms with E-state index in [1.54, 1.807) is 0 Å². The molecule has 0 heterocycles. The number of esters is 2. The number of rotatable bonds is 45. The topological polar surface area (TPSA) is 108 Å². The van der Waals surface area contributed by atoms with E-state index < -0.39 is 26.5 Å². The van der Waals surface area contributed by atoms with Crippen LogP contribution in [0, 0.1) is 0 Å². The Bertz CT molecular complexity index is 1000. The van der Waals surface area contributed by atoms with Crippen molar-refractivity contribution in [1.29, 1.82) is 0 Å². The largest absolute Gasteiger partial charge is 0.472 e. The Balaban J connectivity index is 4.25. The molecular weight excluding hydrogens is 750 g/mol. The minimum Gasteiger partial charge on any atom is -0.462 e. The van der Waals surface area contributed by atoms with E-state index in [0.717, 1.165) is 32.1 Å². The number of carbonyl (C=O) groups excluding carboxylic acids is 2. The maximum Gasteiger partial charge on any atom is 0.472 e. The van der Waals surface area contributed by atoms with E-state index in [1.165, 1.54) is 167 Å². The van der Waals surface area contributed by atoms with Crippen molar-refractivity contribution in [3.05, 3.63) is 12.2 Å². The van der Waals surface area contributed by atoms with Gasteiger partial charge in [0.1, 0.15) is 19.8 Å². The lowest BCUT2D eigenvalue weighted by Crippen LogP contribution is -2.37. The summed E-state index contributed by atoms with van der Waals surface area (Å²) in [6.45, 7) is 4.46. The molecule has 0 amide bonds. The van der Waals surface area contributed by atoms with Gasteiger partial charge in [0.05, 0.1) is 27.7 Å². The second-order valence-electron chi connectivity index (χ2n) is 17.9. The van der Waals surface area contributed by atoms with Gasteiger partial charge in [-0.1, -0.05) is 193 Å². The molecule has 0 spiro atoms. The molecule has 2 atom stereocenters. The molecule has 0 aliphatic carbocycles. The Morgan fingerprint density at radius 3 is 1.28 bits per heavy atom. The first kappa shape index (κ1) is 56.8. The number of likely N-dealkylation sites (N-methyl/N-ethyl adjacent to an activating group) is 1. The van der Waals surface area contributed by atoms with E-state index in [4.69, 9.17) is 18.5 Å². The number of carbonyl (C=O) groups is 2. The maximum atomic E-state index is 12.7. The normalized spacial score (nSPS) is 13.6. The molecule has 0 bridgehead atoms. The molecular formula is C48H95NO8P+. The van der Waals surface area contributed by atoms with Gasteiger partial charge >= 0.3 is 19.8 Å². The van der Waals surface area contributed by atoms with Crippen LogP contribution in [0.3, 0.4) is 0 Å². The quantitative estimate of drug-likeness (QED) is 0.0212. The molecule has 0 fully saturated rings. The minimum absolute atomic E-state index is 0.0349. The molecule has 0 aromatic rings. The summed E-state index contributed by atoms with van der Waals surface area (Å²) < 4.78 is 34.4. The molecule has 0 aliphatic heterocycles. The number of phosphoric ester groups is 1. The van der Waals surface area contributed by atoms with Crippen molar-refractivity contribution in [3.8, 4) is 0 Å². The fourth-order valence-corrected chi connectivity index (χ4v) is 7.69. The van der Waals surface area contributed by atoms with E-state index in [2.05, 4.69) is 26.0 Å². The maximum absolute atomic E-state index is 12.7. The van der Waals surface area contributed by atoms with Crippen LogP contribution >= 0.6 is 7.82 Å². The van der Waals surface area contributed by atoms with Crippen molar-refractivity contribution in [3.63, 3.8) is 0 Å². The first-order valence-electron chi connectivity index (χ1n) is 24.4. The summed E-state index contributed by atoms with van der Waals surface area (Å²) in [5.41, 5.74) is 0. The van der Waals surface area contributed by atoms with Gasteiger partial charge in [-0.3, -0.25) is 18.6 Å². The average Bonchev–Trinajstić information content (AvgIpc) is 3.17. The lowest BCUT2D eigenvalue weighted by molar-refractivity contribution is -0.870. The molecule has 10 heteroatoms. The van der Waals surface area contributed by atoms with Crippen molar-refractivity contribution in [2.24, 2.45) is 0 Å². The van der Waals surface area contributed by atoms with Gasteiger partial charge in [0, 0.05) is 12.8 Å². The van der Waals surface area contributed by atoms with Crippen LogP contribution in [0.1, 0.15) is 232 Å². The van der Waals surface area contributed by atoms with Gasteiger partial charge in [0.2, 0.25) is 0 Å². The van der Waals surface area contributed by atoms with Gasteiger partial charge in [0.15, 0.2) is 6.10 Å². The Labute approximate surface area is 358 Å². The number of quaternary nitrogens is 1. The molecule has 0 radical (unpaired) electrons. The van der Waals surface area contributed by atoms with E-state index in [1.807, 2.05) is 21.1 Å². The van der Waals surface area contributed by atoms with E-state index in [9.17, 15) is 19.0 Å². The second-order valence-corrected chi connectivity index (χ2v) is 19.3. The Kier molecular flexibility index (Phi) is 40.2. The summed E-state index contributed by atoms with van der Waals surface area (Å²) in [5.74, 6) is -0.787. The second kappa shape index (κ2) is 41.1. The van der Waals surface area contributed by atoms with Crippen LogP contribution in [0.4, 0.5) is 0 Å². The summed E-state index contributed by atoms with van der Waals surface area (Å²) >= 11 is 0. The summed E-state index contributed by atoms with van der Waals surface area (Å²) in [7, 11) is 1.49. The highest BCUT2D eigenvalue weighted by Gasteiger charge is 2.27. The van der Waals surface area contributed by atoms with Crippen LogP contribution in [0.25, 0.3) is 0 Å². The predicted octanol–water partition coefficient (Wildman–Crippen LogP) is 14.1. The van der Waals surface area contributed by atoms with Gasteiger partial charge in [0.25, 0.3) is 0 Å². The van der Waals surface area contributed by atoms with Gasteiger partial charge in [-0.25, -0.2) is 4.57 Å².